The lowest BCUT2D eigenvalue weighted by atomic mass is 9.45. The fourth-order valence-corrected chi connectivity index (χ4v) is 7.28. The molecule has 3 N–H and O–H groups in total. The van der Waals surface area contributed by atoms with Crippen LogP contribution in [0.25, 0.3) is 0 Å². The van der Waals surface area contributed by atoms with E-state index in [9.17, 15) is 5.11 Å². The first-order valence-electron chi connectivity index (χ1n) is 9.39. The summed E-state index contributed by atoms with van der Waals surface area (Å²) < 4.78 is 0. The lowest BCUT2D eigenvalue weighted by Gasteiger charge is -2.60. The minimum atomic E-state index is -0.0200. The minimum absolute atomic E-state index is 0.0200. The topological polar surface area (TPSA) is 46.2 Å². The molecule has 4 fully saturated rings. The van der Waals surface area contributed by atoms with Crippen LogP contribution in [0.1, 0.15) is 71.6 Å². The van der Waals surface area contributed by atoms with Gasteiger partial charge in [0.05, 0.1) is 6.10 Å². The molecule has 0 heterocycles. The Morgan fingerprint density at radius 2 is 1.57 bits per heavy atom. The van der Waals surface area contributed by atoms with Gasteiger partial charge in [0.2, 0.25) is 0 Å². The van der Waals surface area contributed by atoms with E-state index < -0.39 is 0 Å². The Morgan fingerprint density at radius 3 is 2.38 bits per heavy atom. The number of hydrogen-bond donors (Lipinski definition) is 2. The van der Waals surface area contributed by atoms with Crippen LogP contribution in [0.4, 0.5) is 0 Å². The number of aliphatic hydroxyl groups is 1. The van der Waals surface area contributed by atoms with Crippen LogP contribution in [0.3, 0.4) is 0 Å². The monoisotopic (exact) mass is 291 g/mol. The maximum atomic E-state index is 10.1. The van der Waals surface area contributed by atoms with Gasteiger partial charge >= 0.3 is 0 Å². The fourth-order valence-electron chi connectivity index (χ4n) is 7.28. The van der Waals surface area contributed by atoms with Crippen molar-refractivity contribution in [2.45, 2.75) is 83.8 Å². The molecule has 0 spiro atoms. The molecule has 8 atom stereocenters. The Hall–Kier alpha value is -0.0800. The van der Waals surface area contributed by atoms with Crippen molar-refractivity contribution >= 4 is 0 Å². The normalized spacial score (nSPS) is 60.0. The Kier molecular flexibility index (Phi) is 3.25. The summed E-state index contributed by atoms with van der Waals surface area (Å²) in [6, 6.07) is 0.446. The Balaban J connectivity index is 1.62. The SMILES string of the molecule is C[C@@]12CC[C@H]3[C@@H](CC[C@H]4C[C@@H](O)CC[C@]43C)[C@H]1CC[C@@H]2N. The number of fused-ring (bicyclic) bond motifs is 5. The van der Waals surface area contributed by atoms with E-state index in [0.29, 0.717) is 16.9 Å². The van der Waals surface area contributed by atoms with Crippen molar-refractivity contribution in [3.05, 3.63) is 0 Å². The molecule has 2 heteroatoms. The van der Waals surface area contributed by atoms with Crippen LogP contribution in [-0.2, 0) is 0 Å². The van der Waals surface area contributed by atoms with Crippen molar-refractivity contribution in [2.24, 2.45) is 40.2 Å². The van der Waals surface area contributed by atoms with E-state index in [4.69, 9.17) is 5.73 Å². The van der Waals surface area contributed by atoms with Gasteiger partial charge in [-0.1, -0.05) is 13.8 Å². The summed E-state index contributed by atoms with van der Waals surface area (Å²) in [4.78, 5) is 0. The Morgan fingerprint density at radius 1 is 0.857 bits per heavy atom. The molecule has 0 aromatic carbocycles. The molecule has 0 aliphatic heterocycles. The molecule has 0 aromatic rings. The van der Waals surface area contributed by atoms with Crippen LogP contribution in [0.2, 0.25) is 0 Å². The minimum Gasteiger partial charge on any atom is -0.393 e. The zero-order valence-corrected chi connectivity index (χ0v) is 13.9. The molecule has 21 heavy (non-hydrogen) atoms. The van der Waals surface area contributed by atoms with Crippen LogP contribution < -0.4 is 5.73 Å². The molecule has 120 valence electrons. The maximum absolute atomic E-state index is 10.1. The van der Waals surface area contributed by atoms with Gasteiger partial charge < -0.3 is 10.8 Å². The molecule has 4 aliphatic carbocycles. The molecule has 2 nitrogen and oxygen atoms in total. The average Bonchev–Trinajstić information content (AvgIpc) is 2.76. The molecule has 0 unspecified atom stereocenters. The Bertz CT molecular complexity index is 424. The third kappa shape index (κ3) is 1.91. The first-order chi connectivity index (χ1) is 9.95. The van der Waals surface area contributed by atoms with E-state index >= 15 is 0 Å². The van der Waals surface area contributed by atoms with E-state index in [0.717, 1.165) is 36.5 Å². The molecular formula is C19H33NO. The van der Waals surface area contributed by atoms with Gasteiger partial charge in [-0.15, -0.1) is 0 Å². The molecule has 0 amide bonds. The molecule has 0 radical (unpaired) electrons. The van der Waals surface area contributed by atoms with Gasteiger partial charge in [0.25, 0.3) is 0 Å². The van der Waals surface area contributed by atoms with Crippen LogP contribution in [0, 0.1) is 34.5 Å². The van der Waals surface area contributed by atoms with E-state index in [1.54, 1.807) is 0 Å². The number of hydrogen-bond acceptors (Lipinski definition) is 2. The highest BCUT2D eigenvalue weighted by molar-refractivity contribution is 5.10. The first-order valence-corrected chi connectivity index (χ1v) is 9.39. The lowest BCUT2D eigenvalue weighted by molar-refractivity contribution is -0.122. The third-order valence-electron chi connectivity index (χ3n) is 8.71. The van der Waals surface area contributed by atoms with Crippen LogP contribution in [-0.4, -0.2) is 17.3 Å². The van der Waals surface area contributed by atoms with Crippen molar-refractivity contribution in [1.29, 1.82) is 0 Å². The van der Waals surface area contributed by atoms with Gasteiger partial charge in [0.1, 0.15) is 0 Å². The zero-order chi connectivity index (χ0) is 14.8. The molecule has 0 aromatic heterocycles. The second kappa shape index (κ2) is 4.71. The third-order valence-corrected chi connectivity index (χ3v) is 8.71. The van der Waals surface area contributed by atoms with Gasteiger partial charge in [0, 0.05) is 6.04 Å². The van der Waals surface area contributed by atoms with E-state index in [1.165, 1.54) is 44.9 Å². The number of rotatable bonds is 0. The predicted octanol–water partition coefficient (Wildman–Crippen LogP) is 3.72. The number of nitrogens with two attached hydrogens (primary N) is 1. The summed E-state index contributed by atoms with van der Waals surface area (Å²) in [5.74, 6) is 3.50. The standard InChI is InChI=1S/C19H33NO/c1-18-9-7-13(21)11-12(18)3-4-14-15-5-6-17(20)19(15,2)10-8-16(14)18/h12-17,21H,3-11,20H2,1-2H3/t12-,13-,14-,15+,16-,17-,18+,19+/m0/s1. The second-order valence-electron chi connectivity index (χ2n) is 9.31. The van der Waals surface area contributed by atoms with Crippen LogP contribution >= 0.6 is 0 Å². The van der Waals surface area contributed by atoms with Crippen molar-refractivity contribution < 1.29 is 5.11 Å². The van der Waals surface area contributed by atoms with E-state index in [2.05, 4.69) is 13.8 Å². The first kappa shape index (κ1) is 14.5. The smallest absolute Gasteiger partial charge is 0.0543 e. The summed E-state index contributed by atoms with van der Waals surface area (Å²) in [6.45, 7) is 5.06. The van der Waals surface area contributed by atoms with Crippen molar-refractivity contribution in [1.82, 2.24) is 0 Å². The Labute approximate surface area is 129 Å². The van der Waals surface area contributed by atoms with Crippen molar-refractivity contribution in [2.75, 3.05) is 0 Å². The maximum Gasteiger partial charge on any atom is 0.0543 e. The zero-order valence-electron chi connectivity index (χ0n) is 13.9. The predicted molar refractivity (Wildman–Crippen MR) is 85.7 cm³/mol. The van der Waals surface area contributed by atoms with E-state index in [-0.39, 0.29) is 6.10 Å². The van der Waals surface area contributed by atoms with E-state index in [1.807, 2.05) is 0 Å². The van der Waals surface area contributed by atoms with Crippen molar-refractivity contribution in [3.63, 3.8) is 0 Å². The second-order valence-corrected chi connectivity index (χ2v) is 9.31. The summed E-state index contributed by atoms with van der Waals surface area (Å²) in [5, 5.41) is 10.1. The number of aliphatic hydroxyl groups excluding tert-OH is 1. The molecule has 0 saturated heterocycles. The molecule has 4 rings (SSSR count). The van der Waals surface area contributed by atoms with Crippen molar-refractivity contribution in [3.8, 4) is 0 Å². The highest BCUT2D eigenvalue weighted by Gasteiger charge is 2.59. The molecule has 4 saturated carbocycles. The molecular weight excluding hydrogens is 258 g/mol. The molecule has 0 bridgehead atoms. The fraction of sp³-hybridized carbons (Fsp3) is 1.00. The summed E-state index contributed by atoms with van der Waals surface area (Å²) in [7, 11) is 0. The van der Waals surface area contributed by atoms with Gasteiger partial charge in [-0.2, -0.15) is 0 Å². The van der Waals surface area contributed by atoms with Gasteiger partial charge in [0.15, 0.2) is 0 Å². The highest BCUT2D eigenvalue weighted by Crippen LogP contribution is 2.65. The van der Waals surface area contributed by atoms with Crippen LogP contribution in [0.5, 0.6) is 0 Å². The summed E-state index contributed by atoms with van der Waals surface area (Å²) in [6.07, 6.45) is 11.5. The molecule has 4 aliphatic rings. The highest BCUT2D eigenvalue weighted by atomic mass is 16.3. The lowest BCUT2D eigenvalue weighted by Crippen LogP contribution is -2.55. The van der Waals surface area contributed by atoms with Crippen LogP contribution in [0.15, 0.2) is 0 Å². The average molecular weight is 291 g/mol. The summed E-state index contributed by atoms with van der Waals surface area (Å²) in [5.41, 5.74) is 7.43. The largest absolute Gasteiger partial charge is 0.393 e. The summed E-state index contributed by atoms with van der Waals surface area (Å²) >= 11 is 0. The van der Waals surface area contributed by atoms with Gasteiger partial charge in [-0.05, 0) is 92.3 Å². The van der Waals surface area contributed by atoms with Gasteiger partial charge in [-0.25, -0.2) is 0 Å². The quantitative estimate of drug-likeness (QED) is 0.714. The van der Waals surface area contributed by atoms with Gasteiger partial charge in [-0.3, -0.25) is 0 Å².